The molecular weight excluding hydrogens is 494 g/mol. The lowest BCUT2D eigenvalue weighted by Crippen LogP contribution is -2.52. The summed E-state index contributed by atoms with van der Waals surface area (Å²) in [5.74, 6) is -0.215. The predicted octanol–water partition coefficient (Wildman–Crippen LogP) is 5.06. The van der Waals surface area contributed by atoms with Gasteiger partial charge in [-0.1, -0.05) is 54.4 Å². The number of hydrogen-bond acceptors (Lipinski definition) is 4. The average Bonchev–Trinajstić information content (AvgIpc) is 2.89. The zero-order valence-corrected chi connectivity index (χ0v) is 22.5. The van der Waals surface area contributed by atoms with E-state index in [1.165, 1.54) is 4.31 Å². The number of carbonyl (C=O) groups is 1. The minimum atomic E-state index is -3.93. The maximum atomic E-state index is 13.7. The fourth-order valence-corrected chi connectivity index (χ4v) is 5.97. The van der Waals surface area contributed by atoms with E-state index < -0.39 is 10.0 Å². The molecule has 0 saturated carbocycles. The summed E-state index contributed by atoms with van der Waals surface area (Å²) in [4.78, 5) is 17.5. The topological polar surface area (TPSA) is 60.9 Å². The van der Waals surface area contributed by atoms with Crippen molar-refractivity contribution in [2.24, 2.45) is 0 Å². The third-order valence-corrected chi connectivity index (χ3v) is 8.69. The van der Waals surface area contributed by atoms with Crippen LogP contribution in [0, 0.1) is 13.8 Å². The molecule has 1 saturated heterocycles. The van der Waals surface area contributed by atoms with Gasteiger partial charge in [-0.3, -0.25) is 9.10 Å². The van der Waals surface area contributed by atoms with Crippen molar-refractivity contribution < 1.29 is 13.2 Å². The molecule has 190 valence electrons. The molecule has 1 amide bonds. The van der Waals surface area contributed by atoms with E-state index in [2.05, 4.69) is 4.90 Å². The molecule has 1 aliphatic heterocycles. The van der Waals surface area contributed by atoms with Crippen LogP contribution in [0.2, 0.25) is 5.02 Å². The molecule has 0 radical (unpaired) electrons. The molecule has 0 aromatic heterocycles. The molecule has 0 N–H and O–H groups in total. The van der Waals surface area contributed by atoms with Gasteiger partial charge in [-0.15, -0.1) is 0 Å². The van der Waals surface area contributed by atoms with Gasteiger partial charge in [0, 0.05) is 36.9 Å². The van der Waals surface area contributed by atoms with Gasteiger partial charge >= 0.3 is 0 Å². The molecule has 0 bridgehead atoms. The van der Waals surface area contributed by atoms with E-state index >= 15 is 0 Å². The first kappa shape index (κ1) is 26.0. The van der Waals surface area contributed by atoms with Gasteiger partial charge in [-0.2, -0.15) is 0 Å². The highest BCUT2D eigenvalue weighted by Crippen LogP contribution is 2.27. The van der Waals surface area contributed by atoms with Gasteiger partial charge in [0.05, 0.1) is 10.6 Å². The third-order valence-electron chi connectivity index (χ3n) is 6.66. The zero-order valence-electron chi connectivity index (χ0n) is 20.9. The Hall–Kier alpha value is -3.03. The standard InChI is InChI=1S/C28H32ClN3O3S/c1-4-23-8-11-25(12-9-23)32(36(34,35)26-13-5-21(2)6-14-26)20-28(33)31-17-15-30(16-18-31)27-19-24(29)10-7-22(27)3/h5-14,19H,4,15-18,20H2,1-3H3. The van der Waals surface area contributed by atoms with Crippen LogP contribution >= 0.6 is 11.6 Å². The van der Waals surface area contributed by atoms with Crippen LogP contribution in [-0.4, -0.2) is 51.9 Å². The minimum absolute atomic E-state index is 0.168. The van der Waals surface area contributed by atoms with Crippen molar-refractivity contribution in [2.45, 2.75) is 32.1 Å². The van der Waals surface area contributed by atoms with Gasteiger partial charge in [0.25, 0.3) is 10.0 Å². The number of benzene rings is 3. The molecule has 0 spiro atoms. The first-order chi connectivity index (χ1) is 17.2. The van der Waals surface area contributed by atoms with Crippen LogP contribution in [-0.2, 0) is 21.2 Å². The number of aryl methyl sites for hydroxylation is 3. The molecule has 3 aromatic carbocycles. The summed E-state index contributed by atoms with van der Waals surface area (Å²) >= 11 is 6.20. The molecule has 36 heavy (non-hydrogen) atoms. The summed E-state index contributed by atoms with van der Waals surface area (Å²) in [5, 5.41) is 0.681. The largest absolute Gasteiger partial charge is 0.368 e. The van der Waals surface area contributed by atoms with Crippen molar-refractivity contribution >= 4 is 38.9 Å². The SMILES string of the molecule is CCc1ccc(N(CC(=O)N2CCN(c3cc(Cl)ccc3C)CC2)S(=O)(=O)c2ccc(C)cc2)cc1. The van der Waals surface area contributed by atoms with Crippen molar-refractivity contribution in [3.63, 3.8) is 0 Å². The van der Waals surface area contributed by atoms with Crippen molar-refractivity contribution in [1.82, 2.24) is 4.90 Å². The number of amides is 1. The second kappa shape index (κ2) is 10.9. The summed E-state index contributed by atoms with van der Waals surface area (Å²) in [5.41, 5.74) is 4.75. The molecule has 1 aliphatic rings. The summed E-state index contributed by atoms with van der Waals surface area (Å²) in [6.07, 6.45) is 0.848. The Morgan fingerprint density at radius 1 is 0.917 bits per heavy atom. The molecule has 4 rings (SSSR count). The van der Waals surface area contributed by atoms with Crippen molar-refractivity contribution in [3.05, 3.63) is 88.4 Å². The van der Waals surface area contributed by atoms with Crippen LogP contribution in [0.25, 0.3) is 0 Å². The Morgan fingerprint density at radius 2 is 1.56 bits per heavy atom. The molecule has 6 nitrogen and oxygen atoms in total. The maximum absolute atomic E-state index is 13.7. The third kappa shape index (κ3) is 5.68. The lowest BCUT2D eigenvalue weighted by Gasteiger charge is -2.37. The number of anilines is 2. The number of nitrogens with zero attached hydrogens (tertiary/aromatic N) is 3. The number of halogens is 1. The van der Waals surface area contributed by atoms with Gasteiger partial charge in [-0.25, -0.2) is 8.42 Å². The number of hydrogen-bond donors (Lipinski definition) is 0. The molecule has 0 unspecified atom stereocenters. The lowest BCUT2D eigenvalue weighted by molar-refractivity contribution is -0.129. The Morgan fingerprint density at radius 3 is 2.17 bits per heavy atom. The van der Waals surface area contributed by atoms with Crippen LogP contribution in [0.4, 0.5) is 11.4 Å². The molecule has 0 atom stereocenters. The summed E-state index contributed by atoms with van der Waals surface area (Å²) < 4.78 is 28.5. The molecule has 1 heterocycles. The van der Waals surface area contributed by atoms with Crippen LogP contribution in [0.15, 0.2) is 71.6 Å². The summed E-state index contributed by atoms with van der Waals surface area (Å²) in [7, 11) is -3.93. The van der Waals surface area contributed by atoms with Crippen molar-refractivity contribution in [3.8, 4) is 0 Å². The highest BCUT2D eigenvalue weighted by molar-refractivity contribution is 7.92. The molecule has 3 aromatic rings. The number of sulfonamides is 1. The first-order valence-corrected chi connectivity index (χ1v) is 14.0. The normalized spacial score (nSPS) is 14.1. The highest BCUT2D eigenvalue weighted by atomic mass is 35.5. The van der Waals surface area contributed by atoms with Crippen LogP contribution in [0.3, 0.4) is 0 Å². The van der Waals surface area contributed by atoms with E-state index in [9.17, 15) is 13.2 Å². The Kier molecular flexibility index (Phi) is 7.91. The van der Waals surface area contributed by atoms with Crippen LogP contribution in [0.5, 0.6) is 0 Å². The van der Waals surface area contributed by atoms with E-state index in [0.29, 0.717) is 36.9 Å². The Balaban J connectivity index is 1.54. The van der Waals surface area contributed by atoms with Crippen LogP contribution < -0.4 is 9.21 Å². The predicted molar refractivity (Wildman–Crippen MR) is 147 cm³/mol. The highest BCUT2D eigenvalue weighted by Gasteiger charge is 2.30. The minimum Gasteiger partial charge on any atom is -0.368 e. The number of carbonyl (C=O) groups excluding carboxylic acids is 1. The van der Waals surface area contributed by atoms with E-state index in [-0.39, 0.29) is 17.3 Å². The number of rotatable bonds is 7. The fraction of sp³-hybridized carbons (Fsp3) is 0.321. The zero-order chi connectivity index (χ0) is 25.9. The van der Waals surface area contributed by atoms with E-state index in [1.54, 1.807) is 41.3 Å². The smallest absolute Gasteiger partial charge is 0.264 e. The van der Waals surface area contributed by atoms with Gasteiger partial charge in [-0.05, 0) is 67.8 Å². The first-order valence-electron chi connectivity index (χ1n) is 12.2. The van der Waals surface area contributed by atoms with E-state index in [1.807, 2.05) is 51.1 Å². The van der Waals surface area contributed by atoms with Gasteiger partial charge < -0.3 is 9.80 Å². The van der Waals surface area contributed by atoms with Crippen molar-refractivity contribution in [1.29, 1.82) is 0 Å². The molecule has 1 fully saturated rings. The van der Waals surface area contributed by atoms with Gasteiger partial charge in [0.1, 0.15) is 6.54 Å². The maximum Gasteiger partial charge on any atom is 0.264 e. The van der Waals surface area contributed by atoms with Gasteiger partial charge in [0.15, 0.2) is 0 Å². The Labute approximate surface area is 219 Å². The second-order valence-corrected chi connectivity index (χ2v) is 11.4. The monoisotopic (exact) mass is 525 g/mol. The average molecular weight is 526 g/mol. The fourth-order valence-electron chi connectivity index (χ4n) is 4.39. The summed E-state index contributed by atoms with van der Waals surface area (Å²) in [6, 6.07) is 19.9. The lowest BCUT2D eigenvalue weighted by atomic mass is 10.1. The molecule has 0 aliphatic carbocycles. The van der Waals surface area contributed by atoms with Crippen molar-refractivity contribution in [2.75, 3.05) is 41.9 Å². The van der Waals surface area contributed by atoms with Crippen LogP contribution in [0.1, 0.15) is 23.6 Å². The van der Waals surface area contributed by atoms with E-state index in [4.69, 9.17) is 11.6 Å². The van der Waals surface area contributed by atoms with Gasteiger partial charge in [0.2, 0.25) is 5.91 Å². The number of piperazine rings is 1. The van der Waals surface area contributed by atoms with E-state index in [0.717, 1.165) is 28.8 Å². The second-order valence-electron chi connectivity index (χ2n) is 9.14. The molecule has 8 heteroatoms. The Bertz CT molecular complexity index is 1320. The quantitative estimate of drug-likeness (QED) is 0.432. The molecular formula is C28H32ClN3O3S. The summed E-state index contributed by atoms with van der Waals surface area (Å²) in [6.45, 7) is 8.08.